The Morgan fingerprint density at radius 1 is 1.10 bits per heavy atom. The number of aromatic carboxylic acids is 1. The molecule has 0 unspecified atom stereocenters. The van der Waals surface area contributed by atoms with Gasteiger partial charge in [-0.15, -0.1) is 0 Å². The minimum Gasteiger partial charge on any atom is -0.492 e. The number of carbonyl (C=O) groups is 2. The van der Waals surface area contributed by atoms with Gasteiger partial charge in [0.2, 0.25) is 0 Å². The Labute approximate surface area is 129 Å². The number of carboxylic acids is 1. The predicted molar refractivity (Wildman–Crippen MR) is 80.2 cm³/mol. The third-order valence-corrected chi connectivity index (χ3v) is 3.85. The summed E-state index contributed by atoms with van der Waals surface area (Å²) in [7, 11) is 0. The average molecular weight is 347 g/mol. The lowest BCUT2D eigenvalue weighted by atomic mass is 9.96. The molecule has 2 aromatic carbocycles. The maximum absolute atomic E-state index is 12.7. The fraction of sp³-hybridized carbons (Fsp3) is 0.125. The summed E-state index contributed by atoms with van der Waals surface area (Å²) < 4.78 is 6.32. The zero-order valence-corrected chi connectivity index (χ0v) is 12.5. The molecule has 21 heavy (non-hydrogen) atoms. The Bertz CT molecular complexity index is 752. The predicted octanol–water partition coefficient (Wildman–Crippen LogP) is 3.31. The summed E-state index contributed by atoms with van der Waals surface area (Å²) in [6, 6.07) is 9.79. The van der Waals surface area contributed by atoms with Crippen molar-refractivity contribution in [3.63, 3.8) is 0 Å². The second-order valence-corrected chi connectivity index (χ2v) is 5.64. The third kappa shape index (κ3) is 2.45. The highest BCUT2D eigenvalue weighted by molar-refractivity contribution is 9.10. The van der Waals surface area contributed by atoms with E-state index in [0.717, 1.165) is 16.5 Å². The van der Waals surface area contributed by atoms with Crippen LogP contribution in [0, 0.1) is 0 Å². The van der Waals surface area contributed by atoms with Crippen LogP contribution < -0.4 is 4.74 Å². The van der Waals surface area contributed by atoms with Gasteiger partial charge in [-0.05, 0) is 23.8 Å². The molecule has 2 aromatic rings. The second-order valence-electron chi connectivity index (χ2n) is 4.72. The van der Waals surface area contributed by atoms with Crippen molar-refractivity contribution < 1.29 is 19.4 Å². The molecule has 4 nitrogen and oxygen atoms in total. The molecule has 0 radical (unpaired) electrons. The van der Waals surface area contributed by atoms with Gasteiger partial charge in [-0.3, -0.25) is 4.79 Å². The molecule has 0 aromatic heterocycles. The minimum atomic E-state index is -1.12. The van der Waals surface area contributed by atoms with E-state index >= 15 is 0 Å². The fourth-order valence-corrected chi connectivity index (χ4v) is 2.96. The lowest BCUT2D eigenvalue weighted by Gasteiger charge is -2.10. The van der Waals surface area contributed by atoms with Crippen LogP contribution in [0.15, 0.2) is 40.9 Å². The summed E-state index contributed by atoms with van der Waals surface area (Å²) in [4.78, 5) is 24.0. The van der Waals surface area contributed by atoms with E-state index in [2.05, 4.69) is 15.9 Å². The molecule has 0 bridgehead atoms. The number of benzene rings is 2. The number of ketones is 1. The molecule has 0 saturated heterocycles. The summed E-state index contributed by atoms with van der Waals surface area (Å²) in [5.41, 5.74) is 1.51. The summed E-state index contributed by atoms with van der Waals surface area (Å²) >= 11 is 3.38. The van der Waals surface area contributed by atoms with Crippen molar-refractivity contribution in [3.8, 4) is 5.75 Å². The van der Waals surface area contributed by atoms with E-state index in [-0.39, 0.29) is 16.9 Å². The summed E-state index contributed by atoms with van der Waals surface area (Å²) in [5.74, 6) is -0.901. The van der Waals surface area contributed by atoms with Gasteiger partial charge in [-0.2, -0.15) is 0 Å². The summed E-state index contributed by atoms with van der Waals surface area (Å²) in [6.07, 6.45) is 0.746. The Morgan fingerprint density at radius 3 is 2.52 bits per heavy atom. The number of ether oxygens (including phenoxy) is 1. The highest BCUT2D eigenvalue weighted by Gasteiger charge is 2.25. The van der Waals surface area contributed by atoms with E-state index in [1.807, 2.05) is 6.07 Å². The van der Waals surface area contributed by atoms with Crippen molar-refractivity contribution in [1.82, 2.24) is 0 Å². The van der Waals surface area contributed by atoms with Gasteiger partial charge < -0.3 is 9.84 Å². The van der Waals surface area contributed by atoms with Gasteiger partial charge in [-0.25, -0.2) is 4.79 Å². The van der Waals surface area contributed by atoms with Crippen molar-refractivity contribution in [2.24, 2.45) is 0 Å². The van der Waals surface area contributed by atoms with Crippen LogP contribution in [0.4, 0.5) is 0 Å². The van der Waals surface area contributed by atoms with Crippen LogP contribution >= 0.6 is 15.9 Å². The molecule has 3 rings (SSSR count). The van der Waals surface area contributed by atoms with Crippen LogP contribution in [0.2, 0.25) is 0 Å². The standard InChI is InChI=1S/C16H11BrO4/c17-10-7-9-5-6-21-15(9)13(8-10)14(18)11-3-1-2-4-12(11)16(19)20/h1-4,7-8H,5-6H2,(H,19,20). The Hall–Kier alpha value is -2.14. The van der Waals surface area contributed by atoms with Crippen LogP contribution in [0.25, 0.3) is 0 Å². The number of halogens is 1. The van der Waals surface area contributed by atoms with Gasteiger partial charge in [0, 0.05) is 16.5 Å². The van der Waals surface area contributed by atoms with E-state index in [0.29, 0.717) is 17.9 Å². The van der Waals surface area contributed by atoms with Gasteiger partial charge in [0.15, 0.2) is 5.78 Å². The Balaban J connectivity index is 2.15. The van der Waals surface area contributed by atoms with Crippen molar-refractivity contribution in [2.75, 3.05) is 6.61 Å². The molecule has 1 heterocycles. The number of carboxylic acid groups (broad SMARTS) is 1. The quantitative estimate of drug-likeness (QED) is 0.866. The first kappa shape index (κ1) is 13.8. The molecule has 0 saturated carbocycles. The normalized spacial score (nSPS) is 12.6. The van der Waals surface area contributed by atoms with E-state index in [9.17, 15) is 14.7 Å². The summed E-state index contributed by atoms with van der Waals surface area (Å²) in [6.45, 7) is 0.534. The maximum atomic E-state index is 12.7. The first-order valence-corrected chi connectivity index (χ1v) is 7.19. The first-order chi connectivity index (χ1) is 10.1. The van der Waals surface area contributed by atoms with E-state index in [4.69, 9.17) is 4.74 Å². The van der Waals surface area contributed by atoms with Crippen molar-refractivity contribution in [3.05, 3.63) is 63.1 Å². The molecular weight excluding hydrogens is 336 g/mol. The fourth-order valence-electron chi connectivity index (χ4n) is 2.45. The van der Waals surface area contributed by atoms with Gasteiger partial charge in [0.05, 0.1) is 17.7 Å². The van der Waals surface area contributed by atoms with Crippen LogP contribution in [0.3, 0.4) is 0 Å². The molecule has 1 aliphatic heterocycles. The summed E-state index contributed by atoms with van der Waals surface area (Å²) in [5, 5.41) is 9.22. The minimum absolute atomic E-state index is 0.00535. The highest BCUT2D eigenvalue weighted by atomic mass is 79.9. The van der Waals surface area contributed by atoms with Crippen LogP contribution in [0.5, 0.6) is 5.75 Å². The highest BCUT2D eigenvalue weighted by Crippen LogP contribution is 2.34. The number of fused-ring (bicyclic) bond motifs is 1. The number of rotatable bonds is 3. The molecule has 1 aliphatic rings. The van der Waals surface area contributed by atoms with E-state index in [1.165, 1.54) is 12.1 Å². The van der Waals surface area contributed by atoms with Gasteiger partial charge in [-0.1, -0.05) is 34.1 Å². The van der Waals surface area contributed by atoms with Crippen LogP contribution in [-0.2, 0) is 6.42 Å². The number of carbonyl (C=O) groups excluding carboxylic acids is 1. The largest absolute Gasteiger partial charge is 0.492 e. The van der Waals surface area contributed by atoms with Crippen LogP contribution in [0.1, 0.15) is 31.8 Å². The Morgan fingerprint density at radius 2 is 1.81 bits per heavy atom. The SMILES string of the molecule is O=C(O)c1ccccc1C(=O)c1cc(Br)cc2c1OCC2. The average Bonchev–Trinajstić information content (AvgIpc) is 2.93. The zero-order valence-electron chi connectivity index (χ0n) is 10.9. The van der Waals surface area contributed by atoms with Crippen LogP contribution in [-0.4, -0.2) is 23.5 Å². The number of hydrogen-bond donors (Lipinski definition) is 1. The second kappa shape index (κ2) is 5.33. The molecule has 0 amide bonds. The first-order valence-electron chi connectivity index (χ1n) is 6.40. The van der Waals surface area contributed by atoms with Crippen molar-refractivity contribution in [1.29, 1.82) is 0 Å². The van der Waals surface area contributed by atoms with Gasteiger partial charge in [0.25, 0.3) is 0 Å². The maximum Gasteiger partial charge on any atom is 0.336 e. The zero-order chi connectivity index (χ0) is 15.0. The monoisotopic (exact) mass is 346 g/mol. The Kier molecular flexibility index (Phi) is 3.51. The molecule has 0 aliphatic carbocycles. The molecule has 0 fully saturated rings. The molecule has 1 N–H and O–H groups in total. The molecule has 0 spiro atoms. The third-order valence-electron chi connectivity index (χ3n) is 3.40. The topological polar surface area (TPSA) is 63.6 Å². The lowest BCUT2D eigenvalue weighted by molar-refractivity contribution is 0.0692. The van der Waals surface area contributed by atoms with Gasteiger partial charge in [0.1, 0.15) is 5.75 Å². The molecular formula is C16H11BrO4. The van der Waals surface area contributed by atoms with Gasteiger partial charge >= 0.3 is 5.97 Å². The van der Waals surface area contributed by atoms with E-state index in [1.54, 1.807) is 18.2 Å². The smallest absolute Gasteiger partial charge is 0.336 e. The molecule has 106 valence electrons. The van der Waals surface area contributed by atoms with E-state index < -0.39 is 5.97 Å². The van der Waals surface area contributed by atoms with Crippen molar-refractivity contribution in [2.45, 2.75) is 6.42 Å². The number of hydrogen-bond acceptors (Lipinski definition) is 3. The molecule has 0 atom stereocenters. The molecule has 5 heteroatoms. The lowest BCUT2D eigenvalue weighted by Crippen LogP contribution is -2.10. The van der Waals surface area contributed by atoms with Crippen molar-refractivity contribution >= 4 is 27.7 Å².